The molecule has 2 aromatic carbocycles. The zero-order valence-electron chi connectivity index (χ0n) is 14.1. The highest BCUT2D eigenvalue weighted by atomic mass is 35.5. The molecule has 0 spiro atoms. The number of rotatable bonds is 7. The van der Waals surface area contributed by atoms with Gasteiger partial charge in [0.2, 0.25) is 5.91 Å². The second-order valence-corrected chi connectivity index (χ2v) is 5.81. The Morgan fingerprint density at radius 3 is 2.28 bits per heavy atom. The molecule has 0 saturated carbocycles. The SMILES string of the molecule is CCCOC(=O)C(C(=O)Nc1ccc(OC)cc1)c1ccc(Cl)cc1. The van der Waals surface area contributed by atoms with Crippen molar-refractivity contribution in [1.29, 1.82) is 0 Å². The minimum absolute atomic E-state index is 0.263. The highest BCUT2D eigenvalue weighted by Crippen LogP contribution is 2.23. The third-order valence-corrected chi connectivity index (χ3v) is 3.76. The Bertz CT molecular complexity index is 713. The third kappa shape index (κ3) is 5.22. The van der Waals surface area contributed by atoms with Crippen molar-refractivity contribution in [1.82, 2.24) is 0 Å². The van der Waals surface area contributed by atoms with Crippen LogP contribution in [0, 0.1) is 0 Å². The fraction of sp³-hybridized carbons (Fsp3) is 0.263. The van der Waals surface area contributed by atoms with E-state index >= 15 is 0 Å². The number of esters is 1. The first kappa shape index (κ1) is 18.8. The highest BCUT2D eigenvalue weighted by Gasteiger charge is 2.30. The first-order chi connectivity index (χ1) is 12.0. The molecule has 2 aromatic rings. The van der Waals surface area contributed by atoms with Gasteiger partial charge in [0.05, 0.1) is 13.7 Å². The van der Waals surface area contributed by atoms with Crippen LogP contribution in [-0.2, 0) is 14.3 Å². The molecule has 0 aliphatic heterocycles. The van der Waals surface area contributed by atoms with Gasteiger partial charge in [0, 0.05) is 10.7 Å². The van der Waals surface area contributed by atoms with Gasteiger partial charge in [-0.3, -0.25) is 9.59 Å². The number of ether oxygens (including phenoxy) is 2. The van der Waals surface area contributed by atoms with E-state index in [0.29, 0.717) is 28.4 Å². The van der Waals surface area contributed by atoms with Crippen molar-refractivity contribution in [2.75, 3.05) is 19.0 Å². The Morgan fingerprint density at radius 1 is 1.08 bits per heavy atom. The van der Waals surface area contributed by atoms with Crippen molar-refractivity contribution in [2.24, 2.45) is 0 Å². The molecular weight excluding hydrogens is 342 g/mol. The summed E-state index contributed by atoms with van der Waals surface area (Å²) in [5, 5.41) is 3.26. The van der Waals surface area contributed by atoms with Gasteiger partial charge in [-0.25, -0.2) is 0 Å². The quantitative estimate of drug-likeness (QED) is 0.597. The number of hydrogen-bond acceptors (Lipinski definition) is 4. The fourth-order valence-electron chi connectivity index (χ4n) is 2.22. The van der Waals surface area contributed by atoms with Crippen molar-refractivity contribution in [3.05, 3.63) is 59.1 Å². The second-order valence-electron chi connectivity index (χ2n) is 5.37. The molecule has 132 valence electrons. The fourth-order valence-corrected chi connectivity index (χ4v) is 2.35. The summed E-state index contributed by atoms with van der Waals surface area (Å²) < 4.78 is 10.3. The van der Waals surface area contributed by atoms with Crippen LogP contribution in [-0.4, -0.2) is 25.6 Å². The molecule has 0 aliphatic rings. The highest BCUT2D eigenvalue weighted by molar-refractivity contribution is 6.30. The molecule has 0 fully saturated rings. The van der Waals surface area contributed by atoms with E-state index in [9.17, 15) is 9.59 Å². The van der Waals surface area contributed by atoms with Gasteiger partial charge in [-0.05, 0) is 48.4 Å². The number of hydrogen-bond donors (Lipinski definition) is 1. The molecule has 1 amide bonds. The molecule has 25 heavy (non-hydrogen) atoms. The Balaban J connectivity index is 2.21. The van der Waals surface area contributed by atoms with E-state index in [1.54, 1.807) is 55.6 Å². The molecule has 2 rings (SSSR count). The molecule has 0 bridgehead atoms. The lowest BCUT2D eigenvalue weighted by molar-refractivity contribution is -0.147. The predicted molar refractivity (Wildman–Crippen MR) is 97.1 cm³/mol. The van der Waals surface area contributed by atoms with Gasteiger partial charge < -0.3 is 14.8 Å². The van der Waals surface area contributed by atoms with Crippen LogP contribution in [0.2, 0.25) is 5.02 Å². The Kier molecular flexibility index (Phi) is 6.83. The van der Waals surface area contributed by atoms with Gasteiger partial charge in [0.25, 0.3) is 0 Å². The van der Waals surface area contributed by atoms with Crippen LogP contribution in [0.1, 0.15) is 24.8 Å². The summed E-state index contributed by atoms with van der Waals surface area (Å²) in [7, 11) is 1.56. The number of amides is 1. The van der Waals surface area contributed by atoms with Gasteiger partial charge in [0.1, 0.15) is 5.75 Å². The summed E-state index contributed by atoms with van der Waals surface area (Å²) in [6.07, 6.45) is 0.680. The van der Waals surface area contributed by atoms with Crippen molar-refractivity contribution in [3.8, 4) is 5.75 Å². The van der Waals surface area contributed by atoms with Crippen LogP contribution in [0.3, 0.4) is 0 Å². The van der Waals surface area contributed by atoms with Crippen molar-refractivity contribution in [3.63, 3.8) is 0 Å². The van der Waals surface area contributed by atoms with E-state index in [-0.39, 0.29) is 6.61 Å². The zero-order valence-corrected chi connectivity index (χ0v) is 14.9. The van der Waals surface area contributed by atoms with E-state index in [0.717, 1.165) is 0 Å². The molecule has 0 aromatic heterocycles. The van der Waals surface area contributed by atoms with E-state index < -0.39 is 17.8 Å². The average Bonchev–Trinajstić information content (AvgIpc) is 2.62. The Hall–Kier alpha value is -2.53. The number of anilines is 1. The maximum absolute atomic E-state index is 12.7. The summed E-state index contributed by atoms with van der Waals surface area (Å²) in [6.45, 7) is 2.15. The van der Waals surface area contributed by atoms with Gasteiger partial charge in [-0.15, -0.1) is 0 Å². The van der Waals surface area contributed by atoms with E-state index in [1.165, 1.54) is 0 Å². The van der Waals surface area contributed by atoms with Gasteiger partial charge in [-0.2, -0.15) is 0 Å². The van der Waals surface area contributed by atoms with Gasteiger partial charge in [0.15, 0.2) is 5.92 Å². The Labute approximate surface area is 151 Å². The number of halogens is 1. The van der Waals surface area contributed by atoms with Crippen LogP contribution in [0.25, 0.3) is 0 Å². The summed E-state index contributed by atoms with van der Waals surface area (Å²) in [6, 6.07) is 13.4. The van der Waals surface area contributed by atoms with Crippen molar-refractivity contribution in [2.45, 2.75) is 19.3 Å². The van der Waals surface area contributed by atoms with Crippen LogP contribution in [0.5, 0.6) is 5.75 Å². The van der Waals surface area contributed by atoms with E-state index in [1.807, 2.05) is 6.92 Å². The number of carbonyl (C=O) groups excluding carboxylic acids is 2. The van der Waals surface area contributed by atoms with Crippen molar-refractivity contribution < 1.29 is 19.1 Å². The molecule has 0 aliphatic carbocycles. The normalized spacial score (nSPS) is 11.5. The van der Waals surface area contributed by atoms with Gasteiger partial charge >= 0.3 is 5.97 Å². The molecule has 0 saturated heterocycles. The molecule has 1 N–H and O–H groups in total. The van der Waals surface area contributed by atoms with Crippen LogP contribution < -0.4 is 10.1 Å². The predicted octanol–water partition coefficient (Wildman–Crippen LogP) is 4.02. The lowest BCUT2D eigenvalue weighted by Crippen LogP contribution is -2.29. The second kappa shape index (κ2) is 9.08. The molecular formula is C19H20ClNO4. The smallest absolute Gasteiger partial charge is 0.323 e. The number of methoxy groups -OCH3 is 1. The number of carbonyl (C=O) groups is 2. The topological polar surface area (TPSA) is 64.6 Å². The molecule has 6 heteroatoms. The summed E-state index contributed by atoms with van der Waals surface area (Å²) >= 11 is 5.89. The maximum atomic E-state index is 12.7. The monoisotopic (exact) mass is 361 g/mol. The Morgan fingerprint density at radius 2 is 1.72 bits per heavy atom. The standard InChI is InChI=1S/C19H20ClNO4/c1-3-12-25-19(23)17(13-4-6-14(20)7-5-13)18(22)21-15-8-10-16(24-2)11-9-15/h4-11,17H,3,12H2,1-2H3,(H,21,22). The van der Waals surface area contributed by atoms with Crippen LogP contribution in [0.4, 0.5) is 5.69 Å². The minimum atomic E-state index is -1.06. The molecule has 1 unspecified atom stereocenters. The largest absolute Gasteiger partial charge is 0.497 e. The molecule has 1 atom stereocenters. The lowest BCUT2D eigenvalue weighted by atomic mass is 9.98. The van der Waals surface area contributed by atoms with E-state index in [2.05, 4.69) is 5.32 Å². The lowest BCUT2D eigenvalue weighted by Gasteiger charge is -2.16. The maximum Gasteiger partial charge on any atom is 0.323 e. The van der Waals surface area contributed by atoms with E-state index in [4.69, 9.17) is 21.1 Å². The molecule has 0 heterocycles. The van der Waals surface area contributed by atoms with Crippen LogP contribution >= 0.6 is 11.6 Å². The first-order valence-electron chi connectivity index (χ1n) is 7.92. The zero-order chi connectivity index (χ0) is 18.2. The minimum Gasteiger partial charge on any atom is -0.497 e. The molecule has 0 radical (unpaired) electrons. The first-order valence-corrected chi connectivity index (χ1v) is 8.30. The van der Waals surface area contributed by atoms with Crippen LogP contribution in [0.15, 0.2) is 48.5 Å². The van der Waals surface area contributed by atoms with Crippen molar-refractivity contribution >= 4 is 29.2 Å². The van der Waals surface area contributed by atoms with Gasteiger partial charge in [-0.1, -0.05) is 30.7 Å². The number of benzene rings is 2. The number of nitrogens with one attached hydrogen (secondary N) is 1. The summed E-state index contributed by atoms with van der Waals surface area (Å²) in [5.41, 5.74) is 1.09. The summed E-state index contributed by atoms with van der Waals surface area (Å²) in [5.74, 6) is -1.44. The third-order valence-electron chi connectivity index (χ3n) is 3.51. The summed E-state index contributed by atoms with van der Waals surface area (Å²) in [4.78, 5) is 25.1. The average molecular weight is 362 g/mol. The molecule has 5 nitrogen and oxygen atoms in total.